The molecule has 0 saturated heterocycles. The number of nitrogens with one attached hydrogen (secondary N) is 1. The van der Waals surface area contributed by atoms with E-state index in [1.165, 1.54) is 0 Å². The first-order valence-electron chi connectivity index (χ1n) is 3.41. The van der Waals surface area contributed by atoms with Gasteiger partial charge in [0.1, 0.15) is 0 Å². The molecule has 10 heavy (non-hydrogen) atoms. The van der Waals surface area contributed by atoms with Gasteiger partial charge in [-0.25, -0.2) is 4.79 Å². The van der Waals surface area contributed by atoms with Crippen molar-refractivity contribution in [1.29, 1.82) is 0 Å². The second-order valence-electron chi connectivity index (χ2n) is 2.49. The molecule has 2 N–H and O–H groups in total. The summed E-state index contributed by atoms with van der Waals surface area (Å²) in [6, 6.07) is 0. The van der Waals surface area contributed by atoms with Gasteiger partial charge in [0, 0.05) is 6.54 Å². The maximum absolute atomic E-state index is 10.0. The molecule has 1 rings (SSSR count). The molecule has 0 unspecified atom stereocenters. The molecule has 0 saturated carbocycles. The normalized spacial score (nSPS) is 17.6. The molecule has 0 radical (unpaired) electrons. The van der Waals surface area contributed by atoms with Gasteiger partial charge in [-0.1, -0.05) is 12.2 Å². The Morgan fingerprint density at radius 1 is 1.60 bits per heavy atom. The van der Waals surface area contributed by atoms with Crippen LogP contribution < -0.4 is 5.32 Å². The van der Waals surface area contributed by atoms with E-state index in [1.54, 1.807) is 0 Å². The number of rotatable bonds is 2. The second-order valence-corrected chi connectivity index (χ2v) is 2.49. The maximum Gasteiger partial charge on any atom is 0.404 e. The third-order valence-corrected chi connectivity index (χ3v) is 1.65. The number of allylic oxidation sites excluding steroid dienone is 2. The highest BCUT2D eigenvalue weighted by molar-refractivity contribution is 5.64. The number of hydrogen-bond acceptors (Lipinski definition) is 1. The van der Waals surface area contributed by atoms with Gasteiger partial charge in [-0.15, -0.1) is 0 Å². The van der Waals surface area contributed by atoms with E-state index in [-0.39, 0.29) is 0 Å². The highest BCUT2D eigenvalue weighted by Crippen LogP contribution is 2.15. The lowest BCUT2D eigenvalue weighted by Crippen LogP contribution is -2.26. The predicted octanol–water partition coefficient (Wildman–Crippen LogP) is 1.22. The van der Waals surface area contributed by atoms with E-state index in [9.17, 15) is 4.79 Å². The van der Waals surface area contributed by atoms with Gasteiger partial charge in [-0.3, -0.25) is 0 Å². The highest BCUT2D eigenvalue weighted by Gasteiger charge is 2.10. The quantitative estimate of drug-likeness (QED) is 0.568. The van der Waals surface area contributed by atoms with Gasteiger partial charge >= 0.3 is 6.09 Å². The molecule has 0 spiro atoms. The third-order valence-electron chi connectivity index (χ3n) is 1.65. The van der Waals surface area contributed by atoms with Crippen molar-refractivity contribution in [3.63, 3.8) is 0 Å². The molecule has 3 heteroatoms. The lowest BCUT2D eigenvalue weighted by atomic mass is 10.1. The van der Waals surface area contributed by atoms with Crippen molar-refractivity contribution in [2.45, 2.75) is 12.8 Å². The molecular weight excluding hydrogens is 130 g/mol. The lowest BCUT2D eigenvalue weighted by Gasteiger charge is -2.06. The fraction of sp³-hybridized carbons (Fsp3) is 0.571. The minimum Gasteiger partial charge on any atom is -0.465 e. The summed E-state index contributed by atoms with van der Waals surface area (Å²) in [7, 11) is 0. The maximum atomic E-state index is 10.0. The molecule has 0 aromatic heterocycles. The largest absolute Gasteiger partial charge is 0.465 e. The van der Waals surface area contributed by atoms with Gasteiger partial charge in [0.2, 0.25) is 0 Å². The average molecular weight is 141 g/mol. The summed E-state index contributed by atoms with van der Waals surface area (Å²) < 4.78 is 0. The molecule has 0 aromatic carbocycles. The molecule has 1 aliphatic carbocycles. The van der Waals surface area contributed by atoms with Crippen LogP contribution in [0.15, 0.2) is 12.2 Å². The van der Waals surface area contributed by atoms with Crippen LogP contribution in [0.25, 0.3) is 0 Å². The van der Waals surface area contributed by atoms with Crippen LogP contribution in [0.3, 0.4) is 0 Å². The zero-order valence-electron chi connectivity index (χ0n) is 5.71. The Hall–Kier alpha value is -0.990. The van der Waals surface area contributed by atoms with Gasteiger partial charge in [-0.2, -0.15) is 0 Å². The van der Waals surface area contributed by atoms with E-state index in [2.05, 4.69) is 17.5 Å². The van der Waals surface area contributed by atoms with E-state index in [0.717, 1.165) is 12.8 Å². The van der Waals surface area contributed by atoms with Crippen LogP contribution in [0.4, 0.5) is 4.79 Å². The first-order chi connectivity index (χ1) is 4.79. The molecule has 0 atom stereocenters. The van der Waals surface area contributed by atoms with E-state index in [0.29, 0.717) is 12.5 Å². The summed E-state index contributed by atoms with van der Waals surface area (Å²) in [5.41, 5.74) is 0. The van der Waals surface area contributed by atoms with Crippen molar-refractivity contribution in [2.75, 3.05) is 6.54 Å². The molecular formula is C7H11NO2. The summed E-state index contributed by atoms with van der Waals surface area (Å²) in [4.78, 5) is 10.0. The highest BCUT2D eigenvalue weighted by atomic mass is 16.4. The molecule has 1 aliphatic rings. The molecule has 0 aliphatic heterocycles. The van der Waals surface area contributed by atoms with Crippen molar-refractivity contribution in [3.8, 4) is 0 Å². The molecule has 1 amide bonds. The second kappa shape index (κ2) is 3.25. The van der Waals surface area contributed by atoms with E-state index in [1.807, 2.05) is 0 Å². The Balaban J connectivity index is 2.09. The van der Waals surface area contributed by atoms with Crippen molar-refractivity contribution in [2.24, 2.45) is 5.92 Å². The average Bonchev–Trinajstić information content (AvgIpc) is 2.34. The molecule has 0 aromatic rings. The molecule has 56 valence electrons. The van der Waals surface area contributed by atoms with Crippen LogP contribution in [0.2, 0.25) is 0 Å². The number of carbonyl (C=O) groups is 1. The predicted molar refractivity (Wildman–Crippen MR) is 37.9 cm³/mol. The summed E-state index contributed by atoms with van der Waals surface area (Å²) >= 11 is 0. The van der Waals surface area contributed by atoms with Crippen LogP contribution in [-0.2, 0) is 0 Å². The fourth-order valence-electron chi connectivity index (χ4n) is 1.07. The van der Waals surface area contributed by atoms with E-state index >= 15 is 0 Å². The summed E-state index contributed by atoms with van der Waals surface area (Å²) in [6.45, 7) is 0.586. The van der Waals surface area contributed by atoms with Gasteiger partial charge in [0.15, 0.2) is 0 Å². The van der Waals surface area contributed by atoms with Gasteiger partial charge in [0.05, 0.1) is 0 Å². The van der Waals surface area contributed by atoms with Gasteiger partial charge in [0.25, 0.3) is 0 Å². The van der Waals surface area contributed by atoms with E-state index < -0.39 is 6.09 Å². The third kappa shape index (κ3) is 2.09. The topological polar surface area (TPSA) is 49.3 Å². The Kier molecular flexibility index (Phi) is 2.31. The Labute approximate surface area is 59.7 Å². The molecule has 0 bridgehead atoms. The Morgan fingerprint density at radius 2 is 2.20 bits per heavy atom. The lowest BCUT2D eigenvalue weighted by molar-refractivity contribution is 0.192. The Morgan fingerprint density at radius 3 is 2.70 bits per heavy atom. The van der Waals surface area contributed by atoms with Gasteiger partial charge in [-0.05, 0) is 18.8 Å². The SMILES string of the molecule is O=C(O)NCC1CC=CC1. The van der Waals surface area contributed by atoms with Crippen LogP contribution in [0.5, 0.6) is 0 Å². The molecule has 0 fully saturated rings. The number of carboxylic acid groups (broad SMARTS) is 1. The van der Waals surface area contributed by atoms with Crippen molar-refractivity contribution in [3.05, 3.63) is 12.2 Å². The smallest absolute Gasteiger partial charge is 0.404 e. The van der Waals surface area contributed by atoms with Crippen molar-refractivity contribution in [1.82, 2.24) is 5.32 Å². The minimum atomic E-state index is -0.924. The molecule has 0 heterocycles. The number of hydrogen-bond donors (Lipinski definition) is 2. The standard InChI is InChI=1S/C7H11NO2/c9-7(10)8-5-6-3-1-2-4-6/h1-2,6,8H,3-5H2,(H,9,10). The first kappa shape index (κ1) is 7.12. The molecule has 3 nitrogen and oxygen atoms in total. The zero-order valence-corrected chi connectivity index (χ0v) is 5.71. The van der Waals surface area contributed by atoms with Crippen LogP contribution in [0.1, 0.15) is 12.8 Å². The summed E-state index contributed by atoms with van der Waals surface area (Å²) in [5.74, 6) is 0.496. The van der Waals surface area contributed by atoms with Crippen LogP contribution in [0, 0.1) is 5.92 Å². The summed E-state index contributed by atoms with van der Waals surface area (Å²) in [6.07, 6.45) is 5.29. The summed E-state index contributed by atoms with van der Waals surface area (Å²) in [5, 5.41) is 10.6. The minimum absolute atomic E-state index is 0.496. The van der Waals surface area contributed by atoms with Crippen molar-refractivity contribution < 1.29 is 9.90 Å². The number of amides is 1. The van der Waals surface area contributed by atoms with Gasteiger partial charge < -0.3 is 10.4 Å². The monoisotopic (exact) mass is 141 g/mol. The van der Waals surface area contributed by atoms with Crippen LogP contribution >= 0.6 is 0 Å². The van der Waals surface area contributed by atoms with Crippen LogP contribution in [-0.4, -0.2) is 17.7 Å². The van der Waals surface area contributed by atoms with Crippen molar-refractivity contribution >= 4 is 6.09 Å². The zero-order chi connectivity index (χ0) is 7.40. The fourth-order valence-corrected chi connectivity index (χ4v) is 1.07. The van der Waals surface area contributed by atoms with E-state index in [4.69, 9.17) is 5.11 Å². The first-order valence-corrected chi connectivity index (χ1v) is 3.41. The Bertz CT molecular complexity index is 146.